The predicted molar refractivity (Wildman–Crippen MR) is 427 cm³/mol. The van der Waals surface area contributed by atoms with Crippen LogP contribution in [0.5, 0.6) is 0 Å². The molecule has 17 nitrogen and oxygen atoms in total. The first kappa shape index (κ1) is 99.7. The summed E-state index contributed by atoms with van der Waals surface area (Å²) in [4.78, 5) is 73.0. The van der Waals surface area contributed by atoms with E-state index in [2.05, 4.69) is 137 Å². The number of phosphoric ester groups is 2. The molecular formula is C85H148O17P2. The molecule has 0 aliphatic rings. The van der Waals surface area contributed by atoms with Crippen LogP contribution in [-0.2, 0) is 65.4 Å². The Morgan fingerprint density at radius 2 is 0.500 bits per heavy atom. The van der Waals surface area contributed by atoms with Crippen LogP contribution in [0.3, 0.4) is 0 Å². The van der Waals surface area contributed by atoms with Gasteiger partial charge in [-0.05, 0) is 135 Å². The van der Waals surface area contributed by atoms with Crippen molar-refractivity contribution in [3.63, 3.8) is 0 Å². The van der Waals surface area contributed by atoms with Crippen molar-refractivity contribution in [1.82, 2.24) is 0 Å². The lowest BCUT2D eigenvalue weighted by atomic mass is 10.1. The number of aliphatic hydroxyl groups is 1. The molecule has 19 heteroatoms. The molecule has 0 aromatic heterocycles. The molecule has 0 radical (unpaired) electrons. The van der Waals surface area contributed by atoms with Gasteiger partial charge in [0.2, 0.25) is 0 Å². The maximum Gasteiger partial charge on any atom is 0.472 e. The molecule has 0 heterocycles. The number of carbonyl (C=O) groups is 4. The monoisotopic (exact) mass is 1500 g/mol. The molecule has 0 rings (SSSR count). The third-order valence-electron chi connectivity index (χ3n) is 17.2. The molecule has 0 amide bonds. The molecule has 3 N–H and O–H groups in total. The number of rotatable bonds is 77. The molecule has 0 spiro atoms. The van der Waals surface area contributed by atoms with Crippen LogP contribution in [0.1, 0.15) is 349 Å². The summed E-state index contributed by atoms with van der Waals surface area (Å²) in [5.74, 6) is -2.22. The minimum absolute atomic E-state index is 0.0819. The van der Waals surface area contributed by atoms with Crippen LogP contribution in [0.2, 0.25) is 0 Å². The van der Waals surface area contributed by atoms with E-state index in [1.54, 1.807) is 0 Å². The van der Waals surface area contributed by atoms with Gasteiger partial charge in [0, 0.05) is 25.7 Å². The molecule has 0 aromatic rings. The molecule has 0 bridgehead atoms. The van der Waals surface area contributed by atoms with Crippen LogP contribution in [-0.4, -0.2) is 96.7 Å². The molecule has 0 aliphatic carbocycles. The minimum atomic E-state index is -4.98. The SMILES string of the molecule is CC/C=C\C/C=C\C/C=C\C/C=C\C/C=C\CCCCCC(=O)OCC(COP(=O)(O)OCC(O)COP(=O)(O)OCC(COC(=O)CCCCCCCC/C=C\C/C=C\C/C=C\CCCCC)OC(=O)CCCCCCC/C=C\CCCCCCCC)OC(=O)CCCCCCCCCCCCC. The van der Waals surface area contributed by atoms with Crippen molar-refractivity contribution in [3.05, 3.63) is 109 Å². The summed E-state index contributed by atoms with van der Waals surface area (Å²) < 4.78 is 68.6. The fourth-order valence-electron chi connectivity index (χ4n) is 11.0. The van der Waals surface area contributed by atoms with E-state index in [-0.39, 0.29) is 25.7 Å². The Hall–Kier alpha value is -4.28. The Kier molecular flexibility index (Phi) is 73.7. The largest absolute Gasteiger partial charge is 0.472 e. The Balaban J connectivity index is 5.35. The van der Waals surface area contributed by atoms with E-state index in [1.807, 2.05) is 0 Å². The molecule has 5 unspecified atom stereocenters. The Morgan fingerprint density at radius 1 is 0.279 bits per heavy atom. The highest BCUT2D eigenvalue weighted by Gasteiger charge is 2.30. The number of allylic oxidation sites excluding steroid dienone is 18. The van der Waals surface area contributed by atoms with Gasteiger partial charge in [-0.2, -0.15) is 0 Å². The molecule has 0 saturated heterocycles. The van der Waals surface area contributed by atoms with Crippen LogP contribution in [0, 0.1) is 0 Å². The number of hydrogen-bond acceptors (Lipinski definition) is 15. The van der Waals surface area contributed by atoms with E-state index >= 15 is 0 Å². The van der Waals surface area contributed by atoms with Crippen molar-refractivity contribution >= 4 is 39.5 Å². The number of aliphatic hydroxyl groups excluding tert-OH is 1. The van der Waals surface area contributed by atoms with Crippen LogP contribution in [0.15, 0.2) is 109 Å². The van der Waals surface area contributed by atoms with Crippen molar-refractivity contribution in [2.45, 2.75) is 367 Å². The van der Waals surface area contributed by atoms with Gasteiger partial charge in [-0.3, -0.25) is 37.3 Å². The maximum atomic E-state index is 13.1. The number of phosphoric acid groups is 2. The molecule has 0 aromatic carbocycles. The average molecular weight is 1500 g/mol. The Labute approximate surface area is 632 Å². The zero-order valence-corrected chi connectivity index (χ0v) is 67.5. The van der Waals surface area contributed by atoms with Gasteiger partial charge in [-0.25, -0.2) is 9.13 Å². The number of carbonyl (C=O) groups excluding carboxylic acids is 4. The molecule has 600 valence electrons. The van der Waals surface area contributed by atoms with Gasteiger partial charge in [-0.15, -0.1) is 0 Å². The molecule has 0 aliphatic heterocycles. The lowest BCUT2D eigenvalue weighted by Gasteiger charge is -2.21. The number of unbranched alkanes of at least 4 members (excludes halogenated alkanes) is 33. The standard InChI is InChI=1S/C85H148O17P2/c1-5-9-13-17-21-25-29-32-35-37-39-41-44-46-50-53-57-61-65-69-82(87)95-75-80(101-84(89)71-67-63-59-55-49-28-24-20-16-12-8-4)77-99-103(91,92)97-73-79(86)74-98-104(93,94)100-78-81(102-85(90)72-68-64-60-56-52-48-43-34-31-27-23-19-15-11-7-3)76-96-83(88)70-66-62-58-54-51-47-45-42-40-38-36-33-30-26-22-18-14-10-6-2/h9,13,21-22,25-26,32-36,39-43,46,50,79-81,86H,5-8,10-12,14-20,23-24,27-31,37-38,44-45,47-49,51-78H2,1-4H3,(H,91,92)(H,93,94)/b13-9-,25-21-,26-22-,35-32-,36-33-,41-39-,42-40-,43-34-,50-46-. The van der Waals surface area contributed by atoms with Gasteiger partial charge >= 0.3 is 39.5 Å². The second kappa shape index (κ2) is 76.9. The molecular weight excluding hydrogens is 1350 g/mol. The number of ether oxygens (including phenoxy) is 4. The normalized spacial score (nSPS) is 14.4. The van der Waals surface area contributed by atoms with E-state index < -0.39 is 97.5 Å². The summed E-state index contributed by atoms with van der Waals surface area (Å²) in [6.07, 6.45) is 83.5. The lowest BCUT2D eigenvalue weighted by molar-refractivity contribution is -0.161. The van der Waals surface area contributed by atoms with E-state index in [4.69, 9.17) is 37.0 Å². The van der Waals surface area contributed by atoms with Gasteiger partial charge < -0.3 is 33.8 Å². The minimum Gasteiger partial charge on any atom is -0.462 e. The fourth-order valence-corrected chi connectivity index (χ4v) is 12.5. The third kappa shape index (κ3) is 75.9. The van der Waals surface area contributed by atoms with Gasteiger partial charge in [-0.1, -0.05) is 298 Å². The zero-order valence-electron chi connectivity index (χ0n) is 65.7. The van der Waals surface area contributed by atoms with E-state index in [1.165, 1.54) is 96.3 Å². The predicted octanol–water partition coefficient (Wildman–Crippen LogP) is 24.1. The summed E-state index contributed by atoms with van der Waals surface area (Å²) >= 11 is 0. The van der Waals surface area contributed by atoms with Crippen molar-refractivity contribution in [1.29, 1.82) is 0 Å². The van der Waals surface area contributed by atoms with Crippen LogP contribution >= 0.6 is 15.6 Å². The maximum absolute atomic E-state index is 13.1. The van der Waals surface area contributed by atoms with E-state index in [0.717, 1.165) is 173 Å². The van der Waals surface area contributed by atoms with Crippen molar-refractivity contribution < 1.29 is 80.2 Å². The summed E-state index contributed by atoms with van der Waals surface area (Å²) in [5, 5.41) is 10.6. The quantitative estimate of drug-likeness (QED) is 0.0169. The molecule has 5 atom stereocenters. The highest BCUT2D eigenvalue weighted by Crippen LogP contribution is 2.45. The van der Waals surface area contributed by atoms with Crippen molar-refractivity contribution in [2.75, 3.05) is 39.6 Å². The summed E-state index contributed by atoms with van der Waals surface area (Å²) in [7, 11) is -9.97. The van der Waals surface area contributed by atoms with Crippen molar-refractivity contribution in [2.24, 2.45) is 0 Å². The summed E-state index contributed by atoms with van der Waals surface area (Å²) in [5.41, 5.74) is 0. The van der Waals surface area contributed by atoms with Gasteiger partial charge in [0.05, 0.1) is 26.4 Å². The first-order chi connectivity index (χ1) is 50.7. The second-order valence-corrected chi connectivity index (χ2v) is 30.2. The summed E-state index contributed by atoms with van der Waals surface area (Å²) in [6, 6.07) is 0. The van der Waals surface area contributed by atoms with Gasteiger partial charge in [0.1, 0.15) is 19.3 Å². The molecule has 0 fully saturated rings. The highest BCUT2D eigenvalue weighted by molar-refractivity contribution is 7.47. The first-order valence-electron chi connectivity index (χ1n) is 41.1. The topological polar surface area (TPSA) is 237 Å². The van der Waals surface area contributed by atoms with Crippen LogP contribution in [0.4, 0.5) is 0 Å². The number of esters is 4. The second-order valence-electron chi connectivity index (χ2n) is 27.3. The number of hydrogen-bond donors (Lipinski definition) is 3. The third-order valence-corrected chi connectivity index (χ3v) is 19.1. The van der Waals surface area contributed by atoms with E-state index in [9.17, 15) is 43.2 Å². The average Bonchev–Trinajstić information content (AvgIpc) is 0.931. The Morgan fingerprint density at radius 3 is 0.808 bits per heavy atom. The smallest absolute Gasteiger partial charge is 0.462 e. The molecule has 0 saturated carbocycles. The zero-order chi connectivity index (χ0) is 76.0. The highest BCUT2D eigenvalue weighted by atomic mass is 31.2. The molecule has 104 heavy (non-hydrogen) atoms. The van der Waals surface area contributed by atoms with Crippen molar-refractivity contribution in [3.8, 4) is 0 Å². The Bertz CT molecular complexity index is 2390. The summed E-state index contributed by atoms with van der Waals surface area (Å²) in [6.45, 7) is 4.70. The van der Waals surface area contributed by atoms with Gasteiger partial charge in [0.25, 0.3) is 0 Å². The fraction of sp³-hybridized carbons (Fsp3) is 0.741. The first-order valence-corrected chi connectivity index (χ1v) is 44.1. The van der Waals surface area contributed by atoms with Gasteiger partial charge in [0.15, 0.2) is 12.2 Å². The van der Waals surface area contributed by atoms with Crippen LogP contribution < -0.4 is 0 Å². The van der Waals surface area contributed by atoms with E-state index in [0.29, 0.717) is 25.7 Å². The lowest BCUT2D eigenvalue weighted by Crippen LogP contribution is -2.30. The van der Waals surface area contributed by atoms with Crippen LogP contribution in [0.25, 0.3) is 0 Å².